The van der Waals surface area contributed by atoms with Gasteiger partial charge in [0.25, 0.3) is 0 Å². The van der Waals surface area contributed by atoms with Crippen LogP contribution in [-0.2, 0) is 4.79 Å². The van der Waals surface area contributed by atoms with Gasteiger partial charge in [-0.1, -0.05) is 6.92 Å². The molecular formula is C12H15N3O2. The molecule has 0 aliphatic carbocycles. The van der Waals surface area contributed by atoms with Crippen molar-refractivity contribution in [1.29, 1.82) is 0 Å². The van der Waals surface area contributed by atoms with Crippen LogP contribution >= 0.6 is 0 Å². The van der Waals surface area contributed by atoms with Gasteiger partial charge in [0.05, 0.1) is 12.8 Å². The van der Waals surface area contributed by atoms with E-state index >= 15 is 0 Å². The lowest BCUT2D eigenvalue weighted by atomic mass is 10.0. The van der Waals surface area contributed by atoms with Crippen molar-refractivity contribution < 1.29 is 9.53 Å². The van der Waals surface area contributed by atoms with Gasteiger partial charge in [-0.05, 0) is 18.4 Å². The molecule has 1 amide bonds. The molecule has 1 saturated heterocycles. The van der Waals surface area contributed by atoms with Gasteiger partial charge in [0.15, 0.2) is 5.82 Å². The number of carbonyl (C=O) groups is 1. The first-order chi connectivity index (χ1) is 8.20. The first-order valence-electron chi connectivity index (χ1n) is 5.83. The fraction of sp³-hybridized carbons (Fsp3) is 0.500. The highest BCUT2D eigenvalue weighted by atomic mass is 16.5. The minimum absolute atomic E-state index is 0.0782. The molecule has 0 saturated carbocycles. The van der Waals surface area contributed by atoms with E-state index in [0.29, 0.717) is 11.8 Å². The van der Waals surface area contributed by atoms with Crippen LogP contribution in [0, 0.1) is 5.92 Å². The molecule has 0 radical (unpaired) electrons. The molecule has 2 atom stereocenters. The highest BCUT2D eigenvalue weighted by Crippen LogP contribution is 2.38. The van der Waals surface area contributed by atoms with Crippen molar-refractivity contribution in [2.75, 3.05) is 23.9 Å². The minimum Gasteiger partial charge on any atom is -0.481 e. The Balaban J connectivity index is 2.07. The van der Waals surface area contributed by atoms with Gasteiger partial charge in [0.1, 0.15) is 6.04 Å². The maximum absolute atomic E-state index is 12.0. The lowest BCUT2D eigenvalue weighted by Gasteiger charge is -2.33. The first-order valence-corrected chi connectivity index (χ1v) is 5.83. The van der Waals surface area contributed by atoms with Crippen molar-refractivity contribution in [3.05, 3.63) is 12.1 Å². The lowest BCUT2D eigenvalue weighted by molar-refractivity contribution is -0.118. The van der Waals surface area contributed by atoms with E-state index in [9.17, 15) is 4.79 Å². The summed E-state index contributed by atoms with van der Waals surface area (Å²) in [6.45, 7) is 2.99. The Morgan fingerprint density at radius 1 is 1.53 bits per heavy atom. The molecule has 1 aromatic heterocycles. The summed E-state index contributed by atoms with van der Waals surface area (Å²) in [5, 5.41) is 2.91. The van der Waals surface area contributed by atoms with Gasteiger partial charge in [0.2, 0.25) is 11.8 Å². The average molecular weight is 233 g/mol. The van der Waals surface area contributed by atoms with Crippen LogP contribution in [-0.4, -0.2) is 30.6 Å². The molecule has 2 aliphatic heterocycles. The van der Waals surface area contributed by atoms with Crippen LogP contribution in [0.25, 0.3) is 0 Å². The lowest BCUT2D eigenvalue weighted by Crippen LogP contribution is -2.46. The van der Waals surface area contributed by atoms with Crippen molar-refractivity contribution >= 4 is 17.4 Å². The second-order valence-corrected chi connectivity index (χ2v) is 4.62. The minimum atomic E-state index is -0.0814. The summed E-state index contributed by atoms with van der Waals surface area (Å²) in [6.07, 6.45) is 1.02. The number of carbonyl (C=O) groups excluding carboxylic acids is 1. The maximum atomic E-state index is 12.0. The van der Waals surface area contributed by atoms with Crippen LogP contribution in [0.1, 0.15) is 13.3 Å². The number of anilines is 2. The van der Waals surface area contributed by atoms with E-state index in [1.807, 2.05) is 6.07 Å². The van der Waals surface area contributed by atoms with Crippen LogP contribution < -0.4 is 15.0 Å². The van der Waals surface area contributed by atoms with Gasteiger partial charge in [-0.15, -0.1) is 0 Å². The number of amides is 1. The second kappa shape index (κ2) is 3.61. The molecule has 90 valence electrons. The van der Waals surface area contributed by atoms with Crippen molar-refractivity contribution in [2.45, 2.75) is 19.4 Å². The van der Waals surface area contributed by atoms with E-state index in [1.54, 1.807) is 13.2 Å². The molecule has 5 heteroatoms. The number of pyridine rings is 1. The van der Waals surface area contributed by atoms with Crippen LogP contribution in [0.15, 0.2) is 12.1 Å². The zero-order valence-corrected chi connectivity index (χ0v) is 9.93. The van der Waals surface area contributed by atoms with Crippen molar-refractivity contribution in [1.82, 2.24) is 4.98 Å². The standard InChI is InChI=1S/C12H15N3O2/c1-7-5-6-15-10(7)12(16)13-8-3-4-9(17-2)14-11(8)15/h3-4,7,10H,5-6H2,1-2H3,(H,13,16). The van der Waals surface area contributed by atoms with Crippen LogP contribution in [0.2, 0.25) is 0 Å². The molecule has 1 fully saturated rings. The largest absolute Gasteiger partial charge is 0.481 e. The summed E-state index contributed by atoms with van der Waals surface area (Å²) in [4.78, 5) is 18.5. The molecule has 1 N–H and O–H groups in total. The molecule has 2 aliphatic rings. The molecule has 0 spiro atoms. The van der Waals surface area contributed by atoms with Crippen LogP contribution in [0.5, 0.6) is 5.88 Å². The molecule has 3 heterocycles. The summed E-state index contributed by atoms with van der Waals surface area (Å²) in [5.74, 6) is 1.86. The van der Waals surface area contributed by atoms with Crippen LogP contribution in [0.3, 0.4) is 0 Å². The Morgan fingerprint density at radius 3 is 3.12 bits per heavy atom. The average Bonchev–Trinajstić information content (AvgIpc) is 2.72. The quantitative estimate of drug-likeness (QED) is 0.793. The van der Waals surface area contributed by atoms with Crippen LogP contribution in [0.4, 0.5) is 11.5 Å². The summed E-state index contributed by atoms with van der Waals surface area (Å²) in [5.41, 5.74) is 0.779. The van der Waals surface area contributed by atoms with E-state index in [4.69, 9.17) is 4.74 Å². The first kappa shape index (κ1) is 10.4. The van der Waals surface area contributed by atoms with Gasteiger partial charge in [-0.25, -0.2) is 0 Å². The zero-order chi connectivity index (χ0) is 12.0. The predicted octanol–water partition coefficient (Wildman–Crippen LogP) is 1.26. The SMILES string of the molecule is COc1ccc2c(n1)N1CCC(C)C1C(=O)N2. The normalized spacial score (nSPS) is 26.2. The molecule has 3 rings (SSSR count). The van der Waals surface area contributed by atoms with E-state index in [1.165, 1.54) is 0 Å². The fourth-order valence-corrected chi connectivity index (χ4v) is 2.65. The number of nitrogens with zero attached hydrogens (tertiary/aromatic N) is 2. The third kappa shape index (κ3) is 1.45. The number of aromatic nitrogens is 1. The molecule has 2 unspecified atom stereocenters. The Kier molecular flexibility index (Phi) is 2.21. The second-order valence-electron chi connectivity index (χ2n) is 4.62. The third-order valence-electron chi connectivity index (χ3n) is 3.56. The smallest absolute Gasteiger partial charge is 0.247 e. The number of ether oxygens (including phenoxy) is 1. The number of fused-ring (bicyclic) bond motifs is 3. The number of hydrogen-bond acceptors (Lipinski definition) is 4. The molecule has 17 heavy (non-hydrogen) atoms. The summed E-state index contributed by atoms with van der Waals surface area (Å²) in [6, 6.07) is 3.53. The van der Waals surface area contributed by atoms with Gasteiger partial charge in [-0.3, -0.25) is 4.79 Å². The van der Waals surface area contributed by atoms with E-state index < -0.39 is 0 Å². The number of hydrogen-bond donors (Lipinski definition) is 1. The Hall–Kier alpha value is -1.78. The maximum Gasteiger partial charge on any atom is 0.247 e. The van der Waals surface area contributed by atoms with Gasteiger partial charge in [0, 0.05) is 12.6 Å². The topological polar surface area (TPSA) is 54.5 Å². The highest BCUT2D eigenvalue weighted by molar-refractivity contribution is 6.03. The Labute approximate surface area is 99.8 Å². The molecule has 5 nitrogen and oxygen atoms in total. The molecule has 0 bridgehead atoms. The number of nitrogens with one attached hydrogen (secondary N) is 1. The number of methoxy groups -OCH3 is 1. The Bertz CT molecular complexity index is 475. The zero-order valence-electron chi connectivity index (χ0n) is 9.93. The van der Waals surface area contributed by atoms with E-state index in [0.717, 1.165) is 24.5 Å². The van der Waals surface area contributed by atoms with Crippen molar-refractivity contribution in [3.63, 3.8) is 0 Å². The van der Waals surface area contributed by atoms with Gasteiger partial charge < -0.3 is 15.0 Å². The van der Waals surface area contributed by atoms with E-state index in [2.05, 4.69) is 22.1 Å². The molecule has 1 aromatic rings. The fourth-order valence-electron chi connectivity index (χ4n) is 2.65. The summed E-state index contributed by atoms with van der Waals surface area (Å²) >= 11 is 0. The van der Waals surface area contributed by atoms with Gasteiger partial charge in [-0.2, -0.15) is 4.98 Å². The van der Waals surface area contributed by atoms with E-state index in [-0.39, 0.29) is 11.9 Å². The summed E-state index contributed by atoms with van der Waals surface area (Å²) in [7, 11) is 1.60. The third-order valence-corrected chi connectivity index (χ3v) is 3.56. The van der Waals surface area contributed by atoms with Gasteiger partial charge >= 0.3 is 0 Å². The molecular weight excluding hydrogens is 218 g/mol. The van der Waals surface area contributed by atoms with Crippen molar-refractivity contribution in [2.24, 2.45) is 5.92 Å². The Morgan fingerprint density at radius 2 is 2.35 bits per heavy atom. The summed E-state index contributed by atoms with van der Waals surface area (Å²) < 4.78 is 5.13. The molecule has 0 aromatic carbocycles. The predicted molar refractivity (Wildman–Crippen MR) is 64.3 cm³/mol. The van der Waals surface area contributed by atoms with Crippen molar-refractivity contribution in [3.8, 4) is 5.88 Å². The highest BCUT2D eigenvalue weighted by Gasteiger charge is 2.41. The monoisotopic (exact) mass is 233 g/mol. The number of rotatable bonds is 1.